The Morgan fingerprint density at radius 1 is 1.00 bits per heavy atom. The summed E-state index contributed by atoms with van der Waals surface area (Å²) in [6, 6.07) is 0. The zero-order valence-electron chi connectivity index (χ0n) is 1.36. The van der Waals surface area contributed by atoms with Crippen LogP contribution < -0.4 is 0 Å². The van der Waals surface area contributed by atoms with E-state index in [2.05, 4.69) is 0 Å². The molecule has 0 spiro atoms. The smallest absolute Gasteiger partial charge is 0 e. The SMILES string of the molecule is [Cu].[Fe].[GeH4].[Zn]. The van der Waals surface area contributed by atoms with Gasteiger partial charge >= 0.3 is 17.6 Å². The topological polar surface area (TPSA) is 0 Å². The van der Waals surface area contributed by atoms with E-state index in [1.54, 1.807) is 0 Å². The van der Waals surface area contributed by atoms with Crippen molar-refractivity contribution in [1.82, 2.24) is 0 Å². The first-order valence-corrected chi connectivity index (χ1v) is 0. The van der Waals surface area contributed by atoms with Gasteiger partial charge in [-0.15, -0.1) is 0 Å². The molecule has 0 saturated carbocycles. The summed E-state index contributed by atoms with van der Waals surface area (Å²) in [4.78, 5) is 0. The van der Waals surface area contributed by atoms with Crippen molar-refractivity contribution < 1.29 is 53.6 Å². The summed E-state index contributed by atoms with van der Waals surface area (Å²) >= 11 is 0. The van der Waals surface area contributed by atoms with E-state index >= 15 is 0 Å². The molecule has 0 aliphatic rings. The van der Waals surface area contributed by atoms with Crippen LogP contribution in [0, 0.1) is 0 Å². The van der Waals surface area contributed by atoms with Crippen molar-refractivity contribution in [3.63, 3.8) is 0 Å². The number of hydrogen-bond acceptors (Lipinski definition) is 0. The Kier molecular flexibility index (Phi) is 164. The molecule has 4 heteroatoms. The van der Waals surface area contributed by atoms with Gasteiger partial charge in [-0.25, -0.2) is 0 Å². The van der Waals surface area contributed by atoms with E-state index in [9.17, 15) is 0 Å². The second-order valence-corrected chi connectivity index (χ2v) is 0. The van der Waals surface area contributed by atoms with Crippen molar-refractivity contribution in [2.75, 3.05) is 0 Å². The summed E-state index contributed by atoms with van der Waals surface area (Å²) in [5, 5.41) is 0. The molecule has 0 saturated heterocycles. The predicted octanol–water partition coefficient (Wildman–Crippen LogP) is -1.46. The summed E-state index contributed by atoms with van der Waals surface area (Å²) in [7, 11) is 0. The third-order valence-electron chi connectivity index (χ3n) is 0. The maximum absolute atomic E-state index is 0. The molecular weight excluding hydrogens is 257 g/mol. The van der Waals surface area contributed by atoms with Gasteiger partial charge in [-0.3, -0.25) is 0 Å². The van der Waals surface area contributed by atoms with Crippen LogP contribution in [0.5, 0.6) is 0 Å². The van der Waals surface area contributed by atoms with E-state index in [0.717, 1.165) is 0 Å². The average Bonchev–Trinajstić information content (AvgIpc) is 0. The monoisotopic (exact) mass is 261 g/mol. The molecule has 0 amide bonds. The first-order chi connectivity index (χ1) is 0. The molecule has 0 heterocycles. The second kappa shape index (κ2) is 18.9. The van der Waals surface area contributed by atoms with Crippen molar-refractivity contribution in [3.05, 3.63) is 0 Å². The number of hydrogen-bond donors (Lipinski definition) is 0. The first kappa shape index (κ1) is 34.6. The van der Waals surface area contributed by atoms with Crippen LogP contribution in [-0.4, -0.2) is 17.6 Å². The molecule has 0 N–H and O–H groups in total. The maximum atomic E-state index is 0. The van der Waals surface area contributed by atoms with Gasteiger partial charge in [0.15, 0.2) is 0 Å². The molecule has 0 nitrogen and oxygen atoms in total. The third-order valence-corrected chi connectivity index (χ3v) is 0. The van der Waals surface area contributed by atoms with Crippen LogP contribution in [0.2, 0.25) is 0 Å². The average molecular weight is 261 g/mol. The van der Waals surface area contributed by atoms with Gasteiger partial charge in [-0.1, -0.05) is 0 Å². The maximum Gasteiger partial charge on any atom is 0 e. The molecule has 0 aromatic heterocycles. The van der Waals surface area contributed by atoms with Gasteiger partial charge < -0.3 is 0 Å². The molecule has 0 aliphatic heterocycles. The molecule has 0 bridgehead atoms. The quantitative estimate of drug-likeness (QED) is 0.468. The Morgan fingerprint density at radius 2 is 1.00 bits per heavy atom. The van der Waals surface area contributed by atoms with Crippen LogP contribution in [0.3, 0.4) is 0 Å². The minimum Gasteiger partial charge on any atom is 0 e. The Hall–Kier alpha value is 2.21. The van der Waals surface area contributed by atoms with Crippen LogP contribution in [0.1, 0.15) is 0 Å². The van der Waals surface area contributed by atoms with E-state index in [0.29, 0.717) is 0 Å². The summed E-state index contributed by atoms with van der Waals surface area (Å²) in [5.41, 5.74) is 0. The Morgan fingerprint density at radius 3 is 1.00 bits per heavy atom. The fourth-order valence-electron chi connectivity index (χ4n) is 0. The van der Waals surface area contributed by atoms with E-state index in [1.165, 1.54) is 0 Å². The van der Waals surface area contributed by atoms with Crippen LogP contribution in [0.4, 0.5) is 0 Å². The second-order valence-electron chi connectivity index (χ2n) is 0. The van der Waals surface area contributed by atoms with E-state index in [4.69, 9.17) is 0 Å². The fraction of sp³-hybridized carbons (Fsp3) is 0. The minimum atomic E-state index is 0. The molecule has 0 aromatic rings. The van der Waals surface area contributed by atoms with Crippen LogP contribution in [0.25, 0.3) is 0 Å². The zero-order valence-corrected chi connectivity index (χ0v) is 6.38. The molecule has 0 rings (SSSR count). The normalized spacial score (nSPS) is 0. The summed E-state index contributed by atoms with van der Waals surface area (Å²) < 4.78 is 0. The van der Waals surface area contributed by atoms with Gasteiger partial charge in [-0.2, -0.15) is 0 Å². The first-order valence-electron chi connectivity index (χ1n) is 0. The predicted molar refractivity (Wildman–Crippen MR) is 11.3 cm³/mol. The van der Waals surface area contributed by atoms with Gasteiger partial charge in [0.25, 0.3) is 0 Å². The van der Waals surface area contributed by atoms with Gasteiger partial charge in [-0.05, 0) is 0 Å². The summed E-state index contributed by atoms with van der Waals surface area (Å²) in [6.45, 7) is 0. The van der Waals surface area contributed by atoms with Gasteiger partial charge in [0, 0.05) is 53.6 Å². The van der Waals surface area contributed by atoms with E-state index in [1.807, 2.05) is 0 Å². The molecule has 0 aliphatic carbocycles. The van der Waals surface area contributed by atoms with Gasteiger partial charge in [0.05, 0.1) is 0 Å². The van der Waals surface area contributed by atoms with Crippen LogP contribution in [-0.2, 0) is 53.6 Å². The Balaban J connectivity index is 0. The third kappa shape index (κ3) is 8.88. The molecule has 0 unspecified atom stereocenters. The van der Waals surface area contributed by atoms with Crippen LogP contribution in [0.15, 0.2) is 0 Å². The van der Waals surface area contributed by atoms with Gasteiger partial charge in [0.2, 0.25) is 0 Å². The fourth-order valence-corrected chi connectivity index (χ4v) is 0. The standard InChI is InChI=1S/Cu.Fe.GeH4.Zn/h;;1H4;. The van der Waals surface area contributed by atoms with Crippen molar-refractivity contribution in [2.45, 2.75) is 0 Å². The molecule has 0 atom stereocenters. The Labute approximate surface area is 70.5 Å². The molecular formula is H4CuFeGeZn. The van der Waals surface area contributed by atoms with Crippen molar-refractivity contribution in [1.29, 1.82) is 0 Å². The van der Waals surface area contributed by atoms with Crippen molar-refractivity contribution >= 4 is 17.6 Å². The van der Waals surface area contributed by atoms with Crippen molar-refractivity contribution in [3.8, 4) is 0 Å². The molecule has 0 fully saturated rings. The largest absolute Gasteiger partial charge is 0 e. The Bertz CT molecular complexity index is 8.00. The van der Waals surface area contributed by atoms with E-state index in [-0.39, 0.29) is 71.2 Å². The molecule has 29 valence electrons. The van der Waals surface area contributed by atoms with E-state index < -0.39 is 0 Å². The van der Waals surface area contributed by atoms with Crippen LogP contribution >= 0.6 is 0 Å². The van der Waals surface area contributed by atoms with Crippen molar-refractivity contribution in [2.24, 2.45) is 0 Å². The summed E-state index contributed by atoms with van der Waals surface area (Å²) in [5.74, 6) is 0. The molecule has 1 radical (unpaired) electrons. The molecule has 4 heavy (non-hydrogen) atoms. The number of rotatable bonds is 0. The molecule has 0 aromatic carbocycles. The summed E-state index contributed by atoms with van der Waals surface area (Å²) in [6.07, 6.45) is 0. The van der Waals surface area contributed by atoms with Gasteiger partial charge in [0.1, 0.15) is 0 Å². The minimum absolute atomic E-state index is 0. The zero-order chi connectivity index (χ0) is 0.